The molecule has 0 fully saturated rings. The second-order valence-electron chi connectivity index (χ2n) is 6.56. The minimum absolute atomic E-state index is 0.0395. The van der Waals surface area contributed by atoms with Gasteiger partial charge in [0.2, 0.25) is 0 Å². The van der Waals surface area contributed by atoms with Gasteiger partial charge in [0.05, 0.1) is 13.7 Å². The van der Waals surface area contributed by atoms with Crippen molar-refractivity contribution in [2.24, 2.45) is 0 Å². The van der Waals surface area contributed by atoms with Gasteiger partial charge in [0.1, 0.15) is 17.2 Å². The number of benzene rings is 2. The summed E-state index contributed by atoms with van der Waals surface area (Å²) < 4.78 is 44.2. The quantitative estimate of drug-likeness (QED) is 0.373. The van der Waals surface area contributed by atoms with Crippen LogP contribution in [-0.4, -0.2) is 50.8 Å². The lowest BCUT2D eigenvalue weighted by atomic mass is 10.2. The summed E-state index contributed by atoms with van der Waals surface area (Å²) in [5, 5.41) is 0. The summed E-state index contributed by atoms with van der Waals surface area (Å²) in [5.41, 5.74) is 0.722. The van der Waals surface area contributed by atoms with Crippen LogP contribution in [0, 0.1) is 0 Å². The van der Waals surface area contributed by atoms with E-state index in [-0.39, 0.29) is 31.2 Å². The first-order valence-corrected chi connectivity index (χ1v) is 9.57. The number of methoxy groups -OCH3 is 1. The number of ether oxygens (including phenoxy) is 4. The second kappa shape index (κ2) is 12.4. The molecule has 168 valence electrons. The number of rotatable bonds is 12. The molecule has 0 spiro atoms. The fourth-order valence-corrected chi connectivity index (χ4v) is 2.54. The van der Waals surface area contributed by atoms with Crippen molar-refractivity contribution in [3.8, 4) is 17.2 Å². The van der Waals surface area contributed by atoms with Crippen LogP contribution < -0.4 is 14.2 Å². The fraction of sp³-hybridized carbons (Fsp3) is 0.364. The number of likely N-dealkylation sites (N-methyl/N-ethyl adjacent to an activating group) is 1. The molecule has 0 aliphatic rings. The smallest absolute Gasteiger partial charge is 0.387 e. The van der Waals surface area contributed by atoms with Crippen LogP contribution in [-0.2, 0) is 20.9 Å². The van der Waals surface area contributed by atoms with Gasteiger partial charge in [-0.2, -0.15) is 8.78 Å². The molecule has 7 nitrogen and oxygen atoms in total. The van der Waals surface area contributed by atoms with Gasteiger partial charge in [-0.15, -0.1) is 0 Å². The van der Waals surface area contributed by atoms with Gasteiger partial charge >= 0.3 is 12.6 Å². The molecule has 0 N–H and O–H groups in total. The SMILES string of the molecule is COc1ccc(OCCCC(=O)OCC(=O)N(C)Cc2ccc(OC(F)F)cc2)cc1. The van der Waals surface area contributed by atoms with E-state index < -0.39 is 12.6 Å². The Morgan fingerprint density at radius 2 is 1.58 bits per heavy atom. The highest BCUT2D eigenvalue weighted by Gasteiger charge is 2.13. The van der Waals surface area contributed by atoms with Crippen LogP contribution in [0.5, 0.6) is 17.2 Å². The summed E-state index contributed by atoms with van der Waals surface area (Å²) >= 11 is 0. The van der Waals surface area contributed by atoms with Crippen molar-refractivity contribution in [1.29, 1.82) is 0 Å². The number of nitrogens with zero attached hydrogens (tertiary/aromatic N) is 1. The third kappa shape index (κ3) is 8.90. The molecule has 0 saturated heterocycles. The highest BCUT2D eigenvalue weighted by Crippen LogP contribution is 2.17. The Morgan fingerprint density at radius 3 is 2.19 bits per heavy atom. The summed E-state index contributed by atoms with van der Waals surface area (Å²) in [6, 6.07) is 13.0. The minimum atomic E-state index is -2.89. The molecule has 0 aliphatic carbocycles. The summed E-state index contributed by atoms with van der Waals surface area (Å²) in [6.45, 7) is -2.69. The van der Waals surface area contributed by atoms with E-state index in [4.69, 9.17) is 14.2 Å². The standard InChI is InChI=1S/C22H25F2NO6/c1-25(14-16-5-7-19(8-6-16)31-22(23)24)20(26)15-30-21(27)4-3-13-29-18-11-9-17(28-2)10-12-18/h5-12,22H,3-4,13-15H2,1-2H3. The van der Waals surface area contributed by atoms with Crippen molar-refractivity contribution in [2.75, 3.05) is 27.4 Å². The molecule has 0 atom stereocenters. The number of carbonyl (C=O) groups is 2. The molecular formula is C22H25F2NO6. The molecule has 0 bridgehead atoms. The van der Waals surface area contributed by atoms with Crippen molar-refractivity contribution in [2.45, 2.75) is 26.0 Å². The normalized spacial score (nSPS) is 10.5. The van der Waals surface area contributed by atoms with E-state index in [1.54, 1.807) is 50.6 Å². The second-order valence-corrected chi connectivity index (χ2v) is 6.56. The Labute approximate surface area is 179 Å². The molecule has 2 aromatic rings. The van der Waals surface area contributed by atoms with E-state index in [1.165, 1.54) is 17.0 Å². The number of esters is 1. The monoisotopic (exact) mass is 437 g/mol. The zero-order valence-corrected chi connectivity index (χ0v) is 17.4. The van der Waals surface area contributed by atoms with Gasteiger partial charge in [-0.05, 0) is 48.4 Å². The van der Waals surface area contributed by atoms with Crippen molar-refractivity contribution in [3.63, 3.8) is 0 Å². The summed E-state index contributed by atoms with van der Waals surface area (Å²) in [4.78, 5) is 25.3. The third-order valence-electron chi connectivity index (χ3n) is 4.20. The molecule has 2 aromatic carbocycles. The highest BCUT2D eigenvalue weighted by atomic mass is 19.3. The lowest BCUT2D eigenvalue weighted by Crippen LogP contribution is -2.30. The van der Waals surface area contributed by atoms with Crippen LogP contribution in [0.15, 0.2) is 48.5 Å². The number of hydrogen-bond donors (Lipinski definition) is 0. The highest BCUT2D eigenvalue weighted by molar-refractivity contribution is 5.80. The topological polar surface area (TPSA) is 74.3 Å². The maximum atomic E-state index is 12.2. The number of hydrogen-bond acceptors (Lipinski definition) is 6. The van der Waals surface area contributed by atoms with Crippen LogP contribution >= 0.6 is 0 Å². The van der Waals surface area contributed by atoms with Gasteiger partial charge in [0.15, 0.2) is 6.61 Å². The predicted octanol–water partition coefficient (Wildman–Crippen LogP) is 3.66. The van der Waals surface area contributed by atoms with Crippen molar-refractivity contribution in [1.82, 2.24) is 4.90 Å². The predicted molar refractivity (Wildman–Crippen MR) is 108 cm³/mol. The van der Waals surface area contributed by atoms with Gasteiger partial charge in [-0.1, -0.05) is 12.1 Å². The van der Waals surface area contributed by atoms with E-state index in [0.717, 1.165) is 11.3 Å². The maximum absolute atomic E-state index is 12.2. The Kier molecular flexibility index (Phi) is 9.54. The van der Waals surface area contributed by atoms with Crippen LogP contribution in [0.3, 0.4) is 0 Å². The third-order valence-corrected chi connectivity index (χ3v) is 4.20. The fourth-order valence-electron chi connectivity index (χ4n) is 2.54. The zero-order chi connectivity index (χ0) is 22.6. The van der Waals surface area contributed by atoms with Crippen molar-refractivity contribution < 1.29 is 37.3 Å². The lowest BCUT2D eigenvalue weighted by molar-refractivity contribution is -0.151. The summed E-state index contributed by atoms with van der Waals surface area (Å²) in [6.07, 6.45) is 0.570. The molecule has 0 aromatic heterocycles. The molecular weight excluding hydrogens is 412 g/mol. The molecule has 9 heteroatoms. The first kappa shape index (κ1) is 23.9. The largest absolute Gasteiger partial charge is 0.497 e. The van der Waals surface area contributed by atoms with E-state index in [2.05, 4.69) is 4.74 Å². The zero-order valence-electron chi connectivity index (χ0n) is 17.4. The molecule has 1 amide bonds. The van der Waals surface area contributed by atoms with E-state index in [9.17, 15) is 18.4 Å². The van der Waals surface area contributed by atoms with Gasteiger partial charge in [0, 0.05) is 20.0 Å². The van der Waals surface area contributed by atoms with Crippen LogP contribution in [0.25, 0.3) is 0 Å². The summed E-state index contributed by atoms with van der Waals surface area (Å²) in [5.74, 6) is 0.560. The van der Waals surface area contributed by atoms with Crippen molar-refractivity contribution in [3.05, 3.63) is 54.1 Å². The maximum Gasteiger partial charge on any atom is 0.387 e. The first-order chi connectivity index (χ1) is 14.9. The van der Waals surface area contributed by atoms with E-state index >= 15 is 0 Å². The molecule has 2 rings (SSSR count). The molecule has 0 radical (unpaired) electrons. The van der Waals surface area contributed by atoms with Crippen LogP contribution in [0.4, 0.5) is 8.78 Å². The molecule has 0 aliphatic heterocycles. The van der Waals surface area contributed by atoms with Gasteiger partial charge < -0.3 is 23.8 Å². The van der Waals surface area contributed by atoms with Gasteiger partial charge in [-0.3, -0.25) is 9.59 Å². The molecule has 31 heavy (non-hydrogen) atoms. The van der Waals surface area contributed by atoms with Gasteiger partial charge in [-0.25, -0.2) is 0 Å². The Morgan fingerprint density at radius 1 is 0.968 bits per heavy atom. The minimum Gasteiger partial charge on any atom is -0.497 e. The number of amides is 1. The number of halogens is 2. The van der Waals surface area contributed by atoms with Gasteiger partial charge in [0.25, 0.3) is 5.91 Å². The van der Waals surface area contributed by atoms with E-state index in [1.807, 2.05) is 0 Å². The Balaban J connectivity index is 1.63. The lowest BCUT2D eigenvalue weighted by Gasteiger charge is -2.17. The first-order valence-electron chi connectivity index (χ1n) is 9.57. The van der Waals surface area contributed by atoms with Crippen molar-refractivity contribution >= 4 is 11.9 Å². The Bertz CT molecular complexity index is 827. The number of carbonyl (C=O) groups excluding carboxylic acids is 2. The average molecular weight is 437 g/mol. The molecule has 0 heterocycles. The van der Waals surface area contributed by atoms with E-state index in [0.29, 0.717) is 18.8 Å². The average Bonchev–Trinajstić information content (AvgIpc) is 2.76. The molecule has 0 saturated carbocycles. The van der Waals surface area contributed by atoms with Crippen LogP contribution in [0.1, 0.15) is 18.4 Å². The summed E-state index contributed by atoms with van der Waals surface area (Å²) in [7, 11) is 3.14. The Hall–Kier alpha value is -3.36. The molecule has 0 unspecified atom stereocenters. The van der Waals surface area contributed by atoms with Crippen LogP contribution in [0.2, 0.25) is 0 Å². The number of alkyl halides is 2.